The molecule has 1 saturated carbocycles. The third-order valence-corrected chi connectivity index (χ3v) is 4.63. The summed E-state index contributed by atoms with van der Waals surface area (Å²) in [5, 5.41) is 0. The van der Waals surface area contributed by atoms with Gasteiger partial charge in [0.15, 0.2) is 0 Å². The standard InChI is InChI=1S/C17H24N2O2/c18-10-9-13-5-7-14(8-6-13)17(20)19-11-12-21-16-4-2-1-3-15(16)19/h5-8,15-16H,1-4,9-12,18H2. The summed E-state index contributed by atoms with van der Waals surface area (Å²) in [6, 6.07) is 8.16. The Labute approximate surface area is 126 Å². The van der Waals surface area contributed by atoms with Crippen LogP contribution in [-0.2, 0) is 11.2 Å². The smallest absolute Gasteiger partial charge is 0.254 e. The van der Waals surface area contributed by atoms with E-state index in [-0.39, 0.29) is 18.1 Å². The lowest BCUT2D eigenvalue weighted by Crippen LogP contribution is -2.54. The van der Waals surface area contributed by atoms with Crippen LogP contribution in [0.1, 0.15) is 41.6 Å². The van der Waals surface area contributed by atoms with E-state index in [0.717, 1.165) is 24.8 Å². The summed E-state index contributed by atoms with van der Waals surface area (Å²) in [5.74, 6) is 0.148. The Morgan fingerprint density at radius 2 is 2.00 bits per heavy atom. The van der Waals surface area contributed by atoms with Gasteiger partial charge in [0.25, 0.3) is 5.91 Å². The molecule has 0 spiro atoms. The van der Waals surface area contributed by atoms with Crippen LogP contribution >= 0.6 is 0 Å². The van der Waals surface area contributed by atoms with Gasteiger partial charge in [-0.2, -0.15) is 0 Å². The predicted molar refractivity (Wildman–Crippen MR) is 82.2 cm³/mol. The van der Waals surface area contributed by atoms with Crippen LogP contribution in [0.4, 0.5) is 0 Å². The fourth-order valence-electron chi connectivity index (χ4n) is 3.50. The molecule has 2 aliphatic rings. The van der Waals surface area contributed by atoms with Crippen LogP contribution in [-0.4, -0.2) is 42.6 Å². The molecule has 4 heteroatoms. The van der Waals surface area contributed by atoms with Gasteiger partial charge in [-0.1, -0.05) is 25.0 Å². The lowest BCUT2D eigenvalue weighted by atomic mass is 9.89. The zero-order valence-electron chi connectivity index (χ0n) is 12.5. The number of ether oxygens (including phenoxy) is 1. The molecule has 3 rings (SSSR count). The van der Waals surface area contributed by atoms with Gasteiger partial charge >= 0.3 is 0 Å². The number of hydrogen-bond acceptors (Lipinski definition) is 3. The Hall–Kier alpha value is -1.39. The SMILES string of the molecule is NCCc1ccc(C(=O)N2CCOC3CCCCC32)cc1. The molecule has 1 aromatic rings. The Balaban J connectivity index is 1.73. The maximum atomic E-state index is 12.8. The van der Waals surface area contributed by atoms with Crippen molar-refractivity contribution in [2.75, 3.05) is 19.7 Å². The summed E-state index contributed by atoms with van der Waals surface area (Å²) in [5.41, 5.74) is 7.53. The lowest BCUT2D eigenvalue weighted by Gasteiger charge is -2.43. The summed E-state index contributed by atoms with van der Waals surface area (Å²) >= 11 is 0. The molecule has 1 aliphatic heterocycles. The minimum atomic E-state index is 0.148. The fourth-order valence-corrected chi connectivity index (χ4v) is 3.50. The minimum Gasteiger partial charge on any atom is -0.374 e. The molecule has 2 fully saturated rings. The van der Waals surface area contributed by atoms with Crippen molar-refractivity contribution in [1.29, 1.82) is 0 Å². The number of amides is 1. The maximum Gasteiger partial charge on any atom is 0.254 e. The molecule has 1 aromatic carbocycles. The number of hydrogen-bond donors (Lipinski definition) is 1. The van der Waals surface area contributed by atoms with Crippen molar-refractivity contribution in [2.24, 2.45) is 5.73 Å². The predicted octanol–water partition coefficient (Wildman–Crippen LogP) is 1.97. The average molecular weight is 288 g/mol. The zero-order chi connectivity index (χ0) is 14.7. The first-order valence-corrected chi connectivity index (χ1v) is 8.01. The maximum absolute atomic E-state index is 12.8. The summed E-state index contributed by atoms with van der Waals surface area (Å²) < 4.78 is 5.84. The molecule has 114 valence electrons. The summed E-state index contributed by atoms with van der Waals surface area (Å²) in [7, 11) is 0. The summed E-state index contributed by atoms with van der Waals surface area (Å²) in [6.07, 6.45) is 5.68. The van der Waals surface area contributed by atoms with E-state index in [1.807, 2.05) is 29.2 Å². The van der Waals surface area contributed by atoms with Crippen LogP contribution in [0, 0.1) is 0 Å². The molecule has 0 aromatic heterocycles. The van der Waals surface area contributed by atoms with E-state index >= 15 is 0 Å². The second kappa shape index (κ2) is 6.58. The van der Waals surface area contributed by atoms with E-state index in [1.54, 1.807) is 0 Å². The molecule has 1 amide bonds. The van der Waals surface area contributed by atoms with Gasteiger partial charge < -0.3 is 15.4 Å². The molecule has 2 atom stereocenters. The van der Waals surface area contributed by atoms with E-state index in [1.165, 1.54) is 18.4 Å². The molecule has 1 saturated heterocycles. The number of nitrogens with two attached hydrogens (primary N) is 1. The molecule has 4 nitrogen and oxygen atoms in total. The Morgan fingerprint density at radius 1 is 1.24 bits per heavy atom. The Bertz CT molecular complexity index is 484. The fraction of sp³-hybridized carbons (Fsp3) is 0.588. The lowest BCUT2D eigenvalue weighted by molar-refractivity contribution is -0.0752. The van der Waals surface area contributed by atoms with Crippen LogP contribution in [0.15, 0.2) is 24.3 Å². The highest BCUT2D eigenvalue weighted by Gasteiger charge is 2.36. The highest BCUT2D eigenvalue weighted by molar-refractivity contribution is 5.94. The molecule has 0 bridgehead atoms. The number of nitrogens with zero attached hydrogens (tertiary/aromatic N) is 1. The first kappa shape index (κ1) is 14.5. The van der Waals surface area contributed by atoms with Crippen LogP contribution in [0.5, 0.6) is 0 Å². The van der Waals surface area contributed by atoms with Crippen molar-refractivity contribution in [2.45, 2.75) is 44.2 Å². The number of carbonyl (C=O) groups is 1. The topological polar surface area (TPSA) is 55.6 Å². The largest absolute Gasteiger partial charge is 0.374 e. The van der Waals surface area contributed by atoms with Gasteiger partial charge in [-0.05, 0) is 43.5 Å². The first-order valence-electron chi connectivity index (χ1n) is 8.01. The van der Waals surface area contributed by atoms with Crippen LogP contribution < -0.4 is 5.73 Å². The quantitative estimate of drug-likeness (QED) is 0.925. The van der Waals surface area contributed by atoms with Crippen LogP contribution in [0.25, 0.3) is 0 Å². The highest BCUT2D eigenvalue weighted by atomic mass is 16.5. The van der Waals surface area contributed by atoms with Crippen molar-refractivity contribution in [3.8, 4) is 0 Å². The number of morpholine rings is 1. The van der Waals surface area contributed by atoms with E-state index in [9.17, 15) is 4.79 Å². The molecule has 1 heterocycles. The van der Waals surface area contributed by atoms with Crippen molar-refractivity contribution >= 4 is 5.91 Å². The van der Waals surface area contributed by atoms with Gasteiger partial charge in [-0.15, -0.1) is 0 Å². The second-order valence-electron chi connectivity index (χ2n) is 6.00. The molecular weight excluding hydrogens is 264 g/mol. The van der Waals surface area contributed by atoms with E-state index in [2.05, 4.69) is 0 Å². The first-order chi connectivity index (χ1) is 10.3. The van der Waals surface area contributed by atoms with E-state index in [0.29, 0.717) is 19.7 Å². The minimum absolute atomic E-state index is 0.148. The number of fused-ring (bicyclic) bond motifs is 1. The number of benzene rings is 1. The van der Waals surface area contributed by atoms with Gasteiger partial charge in [-0.3, -0.25) is 4.79 Å². The normalized spacial score (nSPS) is 25.5. The van der Waals surface area contributed by atoms with Crippen molar-refractivity contribution in [1.82, 2.24) is 4.90 Å². The van der Waals surface area contributed by atoms with Crippen molar-refractivity contribution < 1.29 is 9.53 Å². The third kappa shape index (κ3) is 3.11. The highest BCUT2D eigenvalue weighted by Crippen LogP contribution is 2.29. The molecule has 1 aliphatic carbocycles. The summed E-state index contributed by atoms with van der Waals surface area (Å²) in [6.45, 7) is 2.02. The monoisotopic (exact) mass is 288 g/mol. The molecular formula is C17H24N2O2. The van der Waals surface area contributed by atoms with Gasteiger partial charge in [-0.25, -0.2) is 0 Å². The molecule has 21 heavy (non-hydrogen) atoms. The van der Waals surface area contributed by atoms with Gasteiger partial charge in [0.1, 0.15) is 0 Å². The van der Waals surface area contributed by atoms with Gasteiger partial charge in [0, 0.05) is 12.1 Å². The van der Waals surface area contributed by atoms with Gasteiger partial charge in [0.2, 0.25) is 0 Å². The number of carbonyl (C=O) groups excluding carboxylic acids is 1. The zero-order valence-corrected chi connectivity index (χ0v) is 12.5. The molecule has 2 N–H and O–H groups in total. The molecule has 0 radical (unpaired) electrons. The van der Waals surface area contributed by atoms with E-state index in [4.69, 9.17) is 10.5 Å². The van der Waals surface area contributed by atoms with Gasteiger partial charge in [0.05, 0.1) is 18.8 Å². The number of rotatable bonds is 3. The summed E-state index contributed by atoms with van der Waals surface area (Å²) in [4.78, 5) is 14.8. The van der Waals surface area contributed by atoms with Crippen LogP contribution in [0.3, 0.4) is 0 Å². The molecule has 2 unspecified atom stereocenters. The van der Waals surface area contributed by atoms with E-state index < -0.39 is 0 Å². The Morgan fingerprint density at radius 3 is 2.76 bits per heavy atom. The van der Waals surface area contributed by atoms with Crippen LogP contribution in [0.2, 0.25) is 0 Å². The third-order valence-electron chi connectivity index (χ3n) is 4.63. The van der Waals surface area contributed by atoms with Crippen molar-refractivity contribution in [3.63, 3.8) is 0 Å². The van der Waals surface area contributed by atoms with Crippen molar-refractivity contribution in [3.05, 3.63) is 35.4 Å². The second-order valence-corrected chi connectivity index (χ2v) is 6.00. The Kier molecular flexibility index (Phi) is 4.56. The average Bonchev–Trinajstić information content (AvgIpc) is 2.55.